The molecule has 9 heteroatoms. The van der Waals surface area contributed by atoms with Crippen molar-refractivity contribution in [2.45, 2.75) is 6.42 Å². The molecule has 0 radical (unpaired) electrons. The van der Waals surface area contributed by atoms with Crippen molar-refractivity contribution in [2.24, 2.45) is 0 Å². The highest BCUT2D eigenvalue weighted by Gasteiger charge is 2.19. The van der Waals surface area contributed by atoms with E-state index < -0.39 is 6.09 Å². The number of nitrogens with zero attached hydrogens (tertiary/aromatic N) is 1. The summed E-state index contributed by atoms with van der Waals surface area (Å²) >= 11 is 0. The standard InChI is InChI=1S/C27H30N2O7/c1-33-23-10-6-19(16-25(23)34-2)4-8-21(30)18-22(31)9-5-20-7-11-24(26(17-20)35-3)36-27(32)29-14-12-28-13-15-29/h4-11,16-17,28H,12-15,18H2,1-3H3. The van der Waals surface area contributed by atoms with Gasteiger partial charge in [0.1, 0.15) is 0 Å². The number of piperazine rings is 1. The first-order chi connectivity index (χ1) is 17.4. The van der Waals surface area contributed by atoms with Gasteiger partial charge >= 0.3 is 6.09 Å². The van der Waals surface area contributed by atoms with Crippen molar-refractivity contribution in [3.63, 3.8) is 0 Å². The average Bonchev–Trinajstić information content (AvgIpc) is 2.91. The average molecular weight is 495 g/mol. The number of carbonyl (C=O) groups is 3. The summed E-state index contributed by atoms with van der Waals surface area (Å²) in [6, 6.07) is 10.2. The van der Waals surface area contributed by atoms with E-state index in [1.165, 1.54) is 26.4 Å². The summed E-state index contributed by atoms with van der Waals surface area (Å²) in [6.45, 7) is 2.59. The van der Waals surface area contributed by atoms with Gasteiger partial charge < -0.3 is 29.2 Å². The van der Waals surface area contributed by atoms with Crippen LogP contribution in [-0.2, 0) is 9.59 Å². The molecule has 1 N–H and O–H groups in total. The molecule has 1 aliphatic heterocycles. The van der Waals surface area contributed by atoms with Crippen LogP contribution in [0.4, 0.5) is 4.79 Å². The Morgan fingerprint density at radius 1 is 0.778 bits per heavy atom. The number of nitrogens with one attached hydrogen (secondary N) is 1. The summed E-state index contributed by atoms with van der Waals surface area (Å²) in [7, 11) is 4.55. The second-order valence-corrected chi connectivity index (χ2v) is 7.91. The Hall–Kier alpha value is -4.11. The van der Waals surface area contributed by atoms with E-state index in [0.717, 1.165) is 18.7 Å². The maximum Gasteiger partial charge on any atom is 0.415 e. The molecule has 1 fully saturated rings. The van der Waals surface area contributed by atoms with Crippen molar-refractivity contribution in [3.8, 4) is 23.0 Å². The minimum absolute atomic E-state index is 0.266. The highest BCUT2D eigenvalue weighted by atomic mass is 16.6. The van der Waals surface area contributed by atoms with Crippen molar-refractivity contribution >= 4 is 29.8 Å². The van der Waals surface area contributed by atoms with Crippen LogP contribution in [0.15, 0.2) is 48.6 Å². The highest BCUT2D eigenvalue weighted by Crippen LogP contribution is 2.29. The van der Waals surface area contributed by atoms with Crippen molar-refractivity contribution in [1.82, 2.24) is 10.2 Å². The zero-order chi connectivity index (χ0) is 25.9. The molecular formula is C27H30N2O7. The van der Waals surface area contributed by atoms with Crippen LogP contribution in [0.1, 0.15) is 17.5 Å². The molecule has 0 bridgehead atoms. The summed E-state index contributed by atoms with van der Waals surface area (Å²) in [4.78, 5) is 38.5. The van der Waals surface area contributed by atoms with Gasteiger partial charge in [-0.25, -0.2) is 4.79 Å². The topological polar surface area (TPSA) is 103 Å². The van der Waals surface area contributed by atoms with Gasteiger partial charge in [0.25, 0.3) is 0 Å². The summed E-state index contributed by atoms with van der Waals surface area (Å²) in [5, 5.41) is 3.18. The first-order valence-corrected chi connectivity index (χ1v) is 11.4. The largest absolute Gasteiger partial charge is 0.493 e. The molecule has 0 aliphatic carbocycles. The van der Waals surface area contributed by atoms with Gasteiger partial charge in [0, 0.05) is 26.2 Å². The second kappa shape index (κ2) is 13.1. The molecule has 190 valence electrons. The molecule has 1 aliphatic rings. The third-order valence-electron chi connectivity index (χ3n) is 5.44. The molecule has 0 saturated carbocycles. The summed E-state index contributed by atoms with van der Waals surface area (Å²) in [6.07, 6.45) is 5.19. The molecular weight excluding hydrogens is 464 g/mol. The van der Waals surface area contributed by atoms with E-state index in [2.05, 4.69) is 5.32 Å². The predicted molar refractivity (Wildman–Crippen MR) is 136 cm³/mol. The Balaban J connectivity index is 1.56. The zero-order valence-electron chi connectivity index (χ0n) is 20.6. The van der Waals surface area contributed by atoms with Gasteiger partial charge in [-0.2, -0.15) is 0 Å². The molecule has 9 nitrogen and oxygen atoms in total. The van der Waals surface area contributed by atoms with Gasteiger partial charge in [0.2, 0.25) is 0 Å². The van der Waals surface area contributed by atoms with Gasteiger partial charge in [0.15, 0.2) is 34.6 Å². The summed E-state index contributed by atoms with van der Waals surface area (Å²) < 4.78 is 21.3. The third kappa shape index (κ3) is 7.44. The van der Waals surface area contributed by atoms with Gasteiger partial charge in [-0.3, -0.25) is 9.59 Å². The van der Waals surface area contributed by atoms with E-state index in [4.69, 9.17) is 18.9 Å². The minimum Gasteiger partial charge on any atom is -0.493 e. The van der Waals surface area contributed by atoms with Crippen molar-refractivity contribution in [1.29, 1.82) is 0 Å². The number of carbonyl (C=O) groups excluding carboxylic acids is 3. The maximum absolute atomic E-state index is 12.4. The van der Waals surface area contributed by atoms with Gasteiger partial charge in [-0.05, 0) is 47.5 Å². The Labute approximate surface area is 210 Å². The number of ketones is 2. The van der Waals surface area contributed by atoms with Crippen LogP contribution in [0, 0.1) is 0 Å². The van der Waals surface area contributed by atoms with Crippen molar-refractivity contribution in [2.75, 3.05) is 47.5 Å². The normalized spacial score (nSPS) is 13.6. The van der Waals surface area contributed by atoms with Crippen molar-refractivity contribution in [3.05, 3.63) is 59.7 Å². The fourth-order valence-corrected chi connectivity index (χ4v) is 3.50. The summed E-state index contributed by atoms with van der Waals surface area (Å²) in [5.74, 6) is 1.12. The molecule has 1 amide bonds. The van der Waals surface area contributed by atoms with Gasteiger partial charge in [0.05, 0.1) is 27.8 Å². The smallest absolute Gasteiger partial charge is 0.415 e. The van der Waals surface area contributed by atoms with Crippen molar-refractivity contribution < 1.29 is 33.3 Å². The van der Waals surface area contributed by atoms with Crippen LogP contribution >= 0.6 is 0 Å². The molecule has 1 saturated heterocycles. The Morgan fingerprint density at radius 2 is 1.28 bits per heavy atom. The summed E-state index contributed by atoms with van der Waals surface area (Å²) in [5.41, 5.74) is 1.41. The first kappa shape index (κ1) is 26.5. The van der Waals surface area contributed by atoms with E-state index in [-0.39, 0.29) is 18.0 Å². The Bertz CT molecular complexity index is 1150. The molecule has 1 heterocycles. The number of hydrogen-bond acceptors (Lipinski definition) is 8. The third-order valence-corrected chi connectivity index (χ3v) is 5.44. The lowest BCUT2D eigenvalue weighted by atomic mass is 10.1. The molecule has 0 atom stereocenters. The number of allylic oxidation sites excluding steroid dienone is 2. The fraction of sp³-hybridized carbons (Fsp3) is 0.296. The first-order valence-electron chi connectivity index (χ1n) is 11.4. The van der Waals surface area contributed by atoms with E-state index in [9.17, 15) is 14.4 Å². The SMILES string of the molecule is COc1ccc(C=CC(=O)CC(=O)C=Cc2ccc(OC(=O)N3CCNCC3)c(OC)c2)cc1OC. The molecule has 3 rings (SSSR count). The Morgan fingerprint density at radius 3 is 1.81 bits per heavy atom. The van der Waals surface area contributed by atoms with E-state index in [0.29, 0.717) is 41.7 Å². The number of methoxy groups -OCH3 is 3. The van der Waals surface area contributed by atoms with Crippen LogP contribution in [0.5, 0.6) is 23.0 Å². The molecule has 2 aromatic carbocycles. The molecule has 36 heavy (non-hydrogen) atoms. The second-order valence-electron chi connectivity index (χ2n) is 7.91. The van der Waals surface area contributed by atoms with Gasteiger partial charge in [-0.15, -0.1) is 0 Å². The highest BCUT2D eigenvalue weighted by molar-refractivity contribution is 6.10. The predicted octanol–water partition coefficient (Wildman–Crippen LogP) is 3.37. The monoisotopic (exact) mass is 494 g/mol. The van der Waals surface area contributed by atoms with Crippen LogP contribution in [0.2, 0.25) is 0 Å². The Kier molecular flexibility index (Phi) is 9.64. The maximum atomic E-state index is 12.4. The molecule has 2 aromatic rings. The van der Waals surface area contributed by atoms with E-state index >= 15 is 0 Å². The van der Waals surface area contributed by atoms with E-state index in [1.54, 1.807) is 60.6 Å². The lowest BCUT2D eigenvalue weighted by Crippen LogP contribution is -2.47. The van der Waals surface area contributed by atoms with Crippen LogP contribution in [-0.4, -0.2) is 70.1 Å². The number of rotatable bonds is 10. The van der Waals surface area contributed by atoms with E-state index in [1.807, 2.05) is 0 Å². The molecule has 0 spiro atoms. The molecule has 0 aromatic heterocycles. The number of hydrogen-bond donors (Lipinski definition) is 1. The number of ether oxygens (including phenoxy) is 4. The van der Waals surface area contributed by atoms with Crippen LogP contribution in [0.25, 0.3) is 12.2 Å². The number of benzene rings is 2. The van der Waals surface area contributed by atoms with Crippen LogP contribution < -0.4 is 24.3 Å². The zero-order valence-corrected chi connectivity index (χ0v) is 20.6. The van der Waals surface area contributed by atoms with Gasteiger partial charge in [-0.1, -0.05) is 24.3 Å². The minimum atomic E-state index is -0.437. The lowest BCUT2D eigenvalue weighted by Gasteiger charge is -2.26. The molecule has 0 unspecified atom stereocenters. The number of amides is 1. The van der Waals surface area contributed by atoms with Crippen LogP contribution in [0.3, 0.4) is 0 Å². The fourth-order valence-electron chi connectivity index (χ4n) is 3.50. The quantitative estimate of drug-likeness (QED) is 0.396. The lowest BCUT2D eigenvalue weighted by molar-refractivity contribution is -0.121.